The van der Waals surface area contributed by atoms with E-state index in [2.05, 4.69) is 16.0 Å². The number of alkyl carbamates (subject to hydrolysis) is 1. The zero-order chi connectivity index (χ0) is 15.6. The van der Waals surface area contributed by atoms with Gasteiger partial charge in [-0.15, -0.1) is 0 Å². The maximum Gasteiger partial charge on any atom is 0.407 e. The van der Waals surface area contributed by atoms with Gasteiger partial charge in [0.2, 0.25) is 0 Å². The fraction of sp³-hybridized carbons (Fsp3) is 0.769. The van der Waals surface area contributed by atoms with Gasteiger partial charge in [-0.25, -0.2) is 9.59 Å². The highest BCUT2D eigenvalue weighted by Crippen LogP contribution is 2.06. The summed E-state index contributed by atoms with van der Waals surface area (Å²) in [5.74, 6) is -0.0956. The molecule has 0 saturated carbocycles. The molecule has 0 bridgehead atoms. The van der Waals surface area contributed by atoms with Gasteiger partial charge in [-0.05, 0) is 40.5 Å². The van der Waals surface area contributed by atoms with Gasteiger partial charge < -0.3 is 20.7 Å². The number of unbranched alkanes of at least 4 members (excludes halogenated alkanes) is 1. The number of carbonyl (C=O) groups excluding carboxylic acids is 3. The van der Waals surface area contributed by atoms with E-state index < -0.39 is 11.7 Å². The summed E-state index contributed by atoms with van der Waals surface area (Å²) >= 11 is 0. The van der Waals surface area contributed by atoms with Gasteiger partial charge in [0, 0.05) is 13.1 Å². The Morgan fingerprint density at radius 1 is 0.950 bits per heavy atom. The van der Waals surface area contributed by atoms with Crippen molar-refractivity contribution in [2.45, 2.75) is 46.1 Å². The Morgan fingerprint density at radius 3 is 2.00 bits per heavy atom. The second kappa shape index (κ2) is 9.17. The molecule has 0 spiro atoms. The molecule has 0 rings (SSSR count). The molecule has 0 aliphatic rings. The molecule has 0 aromatic carbocycles. The lowest BCUT2D eigenvalue weighted by atomic mass is 10.2. The van der Waals surface area contributed by atoms with Gasteiger partial charge in [0.05, 0.1) is 6.54 Å². The van der Waals surface area contributed by atoms with E-state index in [1.54, 1.807) is 20.8 Å². The summed E-state index contributed by atoms with van der Waals surface area (Å²) in [7, 11) is 0. The van der Waals surface area contributed by atoms with Crippen LogP contribution in [0, 0.1) is 0 Å². The molecule has 0 aromatic rings. The third kappa shape index (κ3) is 12.7. The summed E-state index contributed by atoms with van der Waals surface area (Å²) in [5, 5.41) is 7.68. The molecule has 0 aromatic heterocycles. The first-order valence-electron chi connectivity index (χ1n) is 6.68. The molecular weight excluding hydrogens is 262 g/mol. The van der Waals surface area contributed by atoms with Crippen LogP contribution < -0.4 is 16.0 Å². The van der Waals surface area contributed by atoms with Crippen LogP contribution in [-0.4, -0.2) is 43.1 Å². The van der Waals surface area contributed by atoms with Crippen LogP contribution in [0.1, 0.15) is 40.5 Å². The van der Waals surface area contributed by atoms with E-state index in [1.165, 1.54) is 6.92 Å². The molecule has 0 unspecified atom stereocenters. The number of nitrogens with one attached hydrogen (secondary N) is 3. The van der Waals surface area contributed by atoms with Crippen molar-refractivity contribution in [3.8, 4) is 0 Å². The molecule has 0 fully saturated rings. The number of rotatable bonds is 7. The van der Waals surface area contributed by atoms with Crippen LogP contribution in [0.5, 0.6) is 0 Å². The molecule has 20 heavy (non-hydrogen) atoms. The lowest BCUT2D eigenvalue weighted by Gasteiger charge is -2.19. The number of hydrogen-bond donors (Lipinski definition) is 3. The first kappa shape index (κ1) is 18.2. The summed E-state index contributed by atoms with van der Waals surface area (Å²) in [6.07, 6.45) is 1.01. The van der Waals surface area contributed by atoms with E-state index >= 15 is 0 Å². The van der Waals surface area contributed by atoms with Crippen LogP contribution in [-0.2, 0) is 9.53 Å². The lowest BCUT2D eigenvalue weighted by molar-refractivity contribution is -0.116. The Kier molecular flexibility index (Phi) is 8.35. The third-order valence-corrected chi connectivity index (χ3v) is 2.06. The van der Waals surface area contributed by atoms with E-state index in [9.17, 15) is 14.4 Å². The van der Waals surface area contributed by atoms with Crippen LogP contribution in [0.3, 0.4) is 0 Å². The van der Waals surface area contributed by atoms with Crippen molar-refractivity contribution in [1.82, 2.24) is 16.0 Å². The van der Waals surface area contributed by atoms with Crippen molar-refractivity contribution in [3.63, 3.8) is 0 Å². The number of amides is 3. The molecule has 0 atom stereocenters. The van der Waals surface area contributed by atoms with Gasteiger partial charge in [0.25, 0.3) is 0 Å². The summed E-state index contributed by atoms with van der Waals surface area (Å²) in [6, 6.07) is -0.361. The summed E-state index contributed by atoms with van der Waals surface area (Å²) in [4.78, 5) is 33.1. The number of Topliss-reactive ketones (excluding diaryl/α,β-unsaturated/α-hetero) is 1. The Morgan fingerprint density at radius 2 is 1.50 bits per heavy atom. The first-order chi connectivity index (χ1) is 9.20. The zero-order valence-corrected chi connectivity index (χ0v) is 12.7. The van der Waals surface area contributed by atoms with Crippen molar-refractivity contribution < 1.29 is 19.1 Å². The largest absolute Gasteiger partial charge is 0.444 e. The van der Waals surface area contributed by atoms with Crippen LogP contribution in [0.15, 0.2) is 0 Å². The highest BCUT2D eigenvalue weighted by atomic mass is 16.6. The molecule has 0 saturated heterocycles. The fourth-order valence-electron chi connectivity index (χ4n) is 1.22. The molecule has 3 amide bonds. The molecule has 7 nitrogen and oxygen atoms in total. The average Bonchev–Trinajstić information content (AvgIpc) is 2.28. The minimum Gasteiger partial charge on any atom is -0.444 e. The Balaban J connectivity index is 3.47. The maximum atomic E-state index is 11.3. The average molecular weight is 287 g/mol. The lowest BCUT2D eigenvalue weighted by Crippen LogP contribution is -2.38. The quantitative estimate of drug-likeness (QED) is 0.613. The van der Waals surface area contributed by atoms with E-state index in [0.717, 1.165) is 12.8 Å². The van der Waals surface area contributed by atoms with Gasteiger partial charge in [-0.3, -0.25) is 4.79 Å². The molecule has 0 heterocycles. The van der Waals surface area contributed by atoms with E-state index in [0.29, 0.717) is 13.1 Å². The normalized spacial score (nSPS) is 10.6. The Bertz CT molecular complexity index is 337. The second-order valence-electron chi connectivity index (χ2n) is 5.45. The van der Waals surface area contributed by atoms with Crippen LogP contribution in [0.4, 0.5) is 9.59 Å². The minimum absolute atomic E-state index is 0.0338. The minimum atomic E-state index is -0.500. The summed E-state index contributed by atoms with van der Waals surface area (Å²) in [5.41, 5.74) is -0.500. The molecule has 116 valence electrons. The second-order valence-corrected chi connectivity index (χ2v) is 5.45. The van der Waals surface area contributed by atoms with Crippen molar-refractivity contribution in [2.75, 3.05) is 19.6 Å². The third-order valence-electron chi connectivity index (χ3n) is 2.06. The summed E-state index contributed by atoms with van der Waals surface area (Å²) < 4.78 is 5.08. The van der Waals surface area contributed by atoms with Crippen molar-refractivity contribution in [3.05, 3.63) is 0 Å². The molecule has 0 aliphatic heterocycles. The molecule has 7 heteroatoms. The highest BCUT2D eigenvalue weighted by Gasteiger charge is 2.15. The number of urea groups is 1. The Hall–Kier alpha value is -1.79. The maximum absolute atomic E-state index is 11.3. The molecule has 3 N–H and O–H groups in total. The predicted octanol–water partition coefficient (Wildman–Crippen LogP) is 1.18. The van der Waals surface area contributed by atoms with Crippen LogP contribution >= 0.6 is 0 Å². The number of carbonyl (C=O) groups is 3. The number of ketones is 1. The van der Waals surface area contributed by atoms with Gasteiger partial charge in [0.1, 0.15) is 11.4 Å². The zero-order valence-electron chi connectivity index (χ0n) is 12.7. The predicted molar refractivity (Wildman–Crippen MR) is 75.6 cm³/mol. The van der Waals surface area contributed by atoms with Gasteiger partial charge in [-0.2, -0.15) is 0 Å². The number of hydrogen-bond acceptors (Lipinski definition) is 4. The van der Waals surface area contributed by atoms with Crippen LogP contribution in [0.25, 0.3) is 0 Å². The van der Waals surface area contributed by atoms with Crippen LogP contribution in [0.2, 0.25) is 0 Å². The van der Waals surface area contributed by atoms with Crippen molar-refractivity contribution in [1.29, 1.82) is 0 Å². The fourth-order valence-corrected chi connectivity index (χ4v) is 1.22. The highest BCUT2D eigenvalue weighted by molar-refractivity contribution is 5.83. The van der Waals surface area contributed by atoms with Gasteiger partial charge in [0.15, 0.2) is 0 Å². The molecule has 0 radical (unpaired) electrons. The van der Waals surface area contributed by atoms with E-state index in [1.807, 2.05) is 0 Å². The summed E-state index contributed by atoms with van der Waals surface area (Å²) in [6.45, 7) is 7.82. The standard InChI is InChI=1S/C13H25N3O4/c1-10(17)9-16-11(18)14-7-5-6-8-15-12(19)20-13(2,3)4/h5-9H2,1-4H3,(H,15,19)(H2,14,16,18). The smallest absolute Gasteiger partial charge is 0.407 e. The first-order valence-corrected chi connectivity index (χ1v) is 6.68. The number of ether oxygens (including phenoxy) is 1. The van der Waals surface area contributed by atoms with Crippen molar-refractivity contribution in [2.24, 2.45) is 0 Å². The SMILES string of the molecule is CC(=O)CNC(=O)NCCCCNC(=O)OC(C)(C)C. The van der Waals surface area contributed by atoms with E-state index in [-0.39, 0.29) is 18.4 Å². The van der Waals surface area contributed by atoms with Gasteiger partial charge >= 0.3 is 12.1 Å². The topological polar surface area (TPSA) is 96.5 Å². The molecular formula is C13H25N3O4. The van der Waals surface area contributed by atoms with Gasteiger partial charge in [-0.1, -0.05) is 0 Å². The molecule has 0 aliphatic carbocycles. The monoisotopic (exact) mass is 287 g/mol. The Labute approximate surface area is 119 Å². The van der Waals surface area contributed by atoms with Crippen molar-refractivity contribution >= 4 is 17.9 Å². The van der Waals surface area contributed by atoms with E-state index in [4.69, 9.17) is 4.74 Å².